The number of hydrogen-bond donors (Lipinski definition) is 2. The molecule has 0 radical (unpaired) electrons. The molecule has 1 aromatic carbocycles. The van der Waals surface area contributed by atoms with Gasteiger partial charge < -0.3 is 10.6 Å². The Morgan fingerprint density at radius 2 is 1.89 bits per heavy atom. The summed E-state index contributed by atoms with van der Waals surface area (Å²) in [6, 6.07) is 7.59. The van der Waals surface area contributed by atoms with Crippen LogP contribution in [0.15, 0.2) is 24.3 Å². The first kappa shape index (κ1) is 13.9. The molecule has 0 bridgehead atoms. The molecule has 0 spiro atoms. The van der Waals surface area contributed by atoms with E-state index in [0.717, 1.165) is 23.7 Å². The second-order valence-corrected chi connectivity index (χ2v) is 5.56. The Balaban J connectivity index is 1.86. The van der Waals surface area contributed by atoms with E-state index in [-0.39, 0.29) is 5.91 Å². The molecule has 2 N–H and O–H groups in total. The maximum atomic E-state index is 12.1. The van der Waals surface area contributed by atoms with E-state index in [1.807, 2.05) is 31.3 Å². The highest BCUT2D eigenvalue weighted by Gasteiger charge is 2.21. The zero-order valence-corrected chi connectivity index (χ0v) is 11.9. The van der Waals surface area contributed by atoms with Gasteiger partial charge in [0.2, 0.25) is 0 Å². The van der Waals surface area contributed by atoms with E-state index < -0.39 is 0 Å². The molecule has 1 aliphatic carbocycles. The second kappa shape index (κ2) is 6.60. The Morgan fingerprint density at radius 3 is 2.53 bits per heavy atom. The van der Waals surface area contributed by atoms with Gasteiger partial charge in [0.05, 0.1) is 0 Å². The lowest BCUT2D eigenvalue weighted by atomic mass is 9.80. The summed E-state index contributed by atoms with van der Waals surface area (Å²) in [7, 11) is 1.87. The SMILES string of the molecule is CNc1ccc(C(=O)NCC2CCCCC2C)cc1. The molecule has 2 atom stereocenters. The molecule has 1 saturated carbocycles. The molecule has 104 valence electrons. The van der Waals surface area contributed by atoms with Gasteiger partial charge in [-0.25, -0.2) is 0 Å². The van der Waals surface area contributed by atoms with Crippen molar-refractivity contribution < 1.29 is 4.79 Å². The maximum Gasteiger partial charge on any atom is 0.251 e. The minimum absolute atomic E-state index is 0.0421. The average molecular weight is 260 g/mol. The van der Waals surface area contributed by atoms with Gasteiger partial charge in [-0.05, 0) is 42.5 Å². The van der Waals surface area contributed by atoms with Gasteiger partial charge in [0.1, 0.15) is 0 Å². The van der Waals surface area contributed by atoms with Crippen LogP contribution in [0, 0.1) is 11.8 Å². The van der Waals surface area contributed by atoms with Crippen LogP contribution >= 0.6 is 0 Å². The summed E-state index contributed by atoms with van der Waals surface area (Å²) in [6.07, 6.45) is 5.20. The van der Waals surface area contributed by atoms with Crippen molar-refractivity contribution in [3.05, 3.63) is 29.8 Å². The van der Waals surface area contributed by atoms with Crippen LogP contribution in [-0.4, -0.2) is 19.5 Å². The standard InChI is InChI=1S/C16H24N2O/c1-12-5-3-4-6-14(12)11-18-16(19)13-7-9-15(17-2)10-8-13/h7-10,12,14,17H,3-6,11H2,1-2H3,(H,18,19). The van der Waals surface area contributed by atoms with Crippen LogP contribution in [0.1, 0.15) is 43.0 Å². The Labute approximate surface area is 115 Å². The minimum atomic E-state index is 0.0421. The van der Waals surface area contributed by atoms with Crippen molar-refractivity contribution in [3.8, 4) is 0 Å². The van der Waals surface area contributed by atoms with Crippen LogP contribution in [0.2, 0.25) is 0 Å². The van der Waals surface area contributed by atoms with Crippen molar-refractivity contribution in [2.45, 2.75) is 32.6 Å². The lowest BCUT2D eigenvalue weighted by molar-refractivity contribution is 0.0936. The van der Waals surface area contributed by atoms with Gasteiger partial charge in [-0.15, -0.1) is 0 Å². The van der Waals surface area contributed by atoms with Crippen LogP contribution in [0.5, 0.6) is 0 Å². The van der Waals surface area contributed by atoms with E-state index >= 15 is 0 Å². The predicted molar refractivity (Wildman–Crippen MR) is 79.4 cm³/mol. The third-order valence-corrected chi connectivity index (χ3v) is 4.25. The molecule has 0 aliphatic heterocycles. The molecule has 0 saturated heterocycles. The zero-order valence-electron chi connectivity index (χ0n) is 11.9. The molecule has 1 amide bonds. The fraction of sp³-hybridized carbons (Fsp3) is 0.562. The van der Waals surface area contributed by atoms with Gasteiger partial charge >= 0.3 is 0 Å². The molecule has 1 aromatic rings. The van der Waals surface area contributed by atoms with Crippen molar-refractivity contribution >= 4 is 11.6 Å². The summed E-state index contributed by atoms with van der Waals surface area (Å²) in [5, 5.41) is 6.13. The highest BCUT2D eigenvalue weighted by molar-refractivity contribution is 5.94. The molecule has 3 heteroatoms. The number of carbonyl (C=O) groups excluding carboxylic acids is 1. The first-order chi connectivity index (χ1) is 9.20. The first-order valence-corrected chi connectivity index (χ1v) is 7.26. The number of anilines is 1. The predicted octanol–water partition coefficient (Wildman–Crippen LogP) is 3.28. The summed E-state index contributed by atoms with van der Waals surface area (Å²) < 4.78 is 0. The van der Waals surface area contributed by atoms with Gasteiger partial charge in [-0.1, -0.05) is 26.2 Å². The molecule has 2 unspecified atom stereocenters. The quantitative estimate of drug-likeness (QED) is 0.872. The van der Waals surface area contributed by atoms with E-state index in [1.165, 1.54) is 25.7 Å². The second-order valence-electron chi connectivity index (χ2n) is 5.56. The van der Waals surface area contributed by atoms with Crippen molar-refractivity contribution in [1.82, 2.24) is 5.32 Å². The Morgan fingerprint density at radius 1 is 1.21 bits per heavy atom. The topological polar surface area (TPSA) is 41.1 Å². The number of nitrogens with one attached hydrogen (secondary N) is 2. The van der Waals surface area contributed by atoms with Crippen LogP contribution in [0.4, 0.5) is 5.69 Å². The smallest absolute Gasteiger partial charge is 0.251 e. The summed E-state index contributed by atoms with van der Waals surface area (Å²) in [4.78, 5) is 12.1. The number of amides is 1. The van der Waals surface area contributed by atoms with Crippen LogP contribution in [-0.2, 0) is 0 Å². The van der Waals surface area contributed by atoms with Gasteiger partial charge in [-0.2, -0.15) is 0 Å². The van der Waals surface area contributed by atoms with E-state index in [1.54, 1.807) is 0 Å². The normalized spacial score (nSPS) is 22.8. The third-order valence-electron chi connectivity index (χ3n) is 4.25. The molecule has 0 heterocycles. The largest absolute Gasteiger partial charge is 0.388 e. The number of hydrogen-bond acceptors (Lipinski definition) is 2. The van der Waals surface area contributed by atoms with E-state index in [4.69, 9.17) is 0 Å². The van der Waals surface area contributed by atoms with Crippen molar-refractivity contribution in [2.24, 2.45) is 11.8 Å². The molecule has 3 nitrogen and oxygen atoms in total. The first-order valence-electron chi connectivity index (χ1n) is 7.26. The van der Waals surface area contributed by atoms with Gasteiger partial charge in [0.15, 0.2) is 0 Å². The van der Waals surface area contributed by atoms with E-state index in [9.17, 15) is 4.79 Å². The summed E-state index contributed by atoms with van der Waals surface area (Å²) in [5.41, 5.74) is 1.76. The molecule has 1 fully saturated rings. The van der Waals surface area contributed by atoms with Crippen molar-refractivity contribution in [2.75, 3.05) is 18.9 Å². The van der Waals surface area contributed by atoms with Gasteiger partial charge in [-0.3, -0.25) is 4.79 Å². The third kappa shape index (κ3) is 3.72. The molecular weight excluding hydrogens is 236 g/mol. The molecule has 2 rings (SSSR count). The summed E-state index contributed by atoms with van der Waals surface area (Å²) >= 11 is 0. The van der Waals surface area contributed by atoms with Crippen LogP contribution in [0.3, 0.4) is 0 Å². The number of benzene rings is 1. The Bertz CT molecular complexity index is 413. The highest BCUT2D eigenvalue weighted by Crippen LogP contribution is 2.28. The fourth-order valence-corrected chi connectivity index (χ4v) is 2.81. The maximum absolute atomic E-state index is 12.1. The Hall–Kier alpha value is -1.51. The van der Waals surface area contributed by atoms with Crippen LogP contribution < -0.4 is 10.6 Å². The van der Waals surface area contributed by atoms with Gasteiger partial charge in [0.25, 0.3) is 5.91 Å². The summed E-state index contributed by atoms with van der Waals surface area (Å²) in [6.45, 7) is 3.12. The van der Waals surface area contributed by atoms with Crippen molar-refractivity contribution in [1.29, 1.82) is 0 Å². The lowest BCUT2D eigenvalue weighted by Crippen LogP contribution is -2.33. The van der Waals surface area contributed by atoms with Crippen LogP contribution in [0.25, 0.3) is 0 Å². The molecule has 19 heavy (non-hydrogen) atoms. The lowest BCUT2D eigenvalue weighted by Gasteiger charge is -2.28. The molecule has 1 aliphatic rings. The molecular formula is C16H24N2O. The van der Waals surface area contributed by atoms with Crippen molar-refractivity contribution in [3.63, 3.8) is 0 Å². The van der Waals surface area contributed by atoms with Gasteiger partial charge in [0, 0.05) is 24.8 Å². The fourth-order valence-electron chi connectivity index (χ4n) is 2.81. The monoisotopic (exact) mass is 260 g/mol. The average Bonchev–Trinajstić information content (AvgIpc) is 2.46. The zero-order chi connectivity index (χ0) is 13.7. The Kier molecular flexibility index (Phi) is 4.83. The number of carbonyl (C=O) groups is 1. The van der Waals surface area contributed by atoms with E-state index in [0.29, 0.717) is 5.92 Å². The molecule has 0 aromatic heterocycles. The van der Waals surface area contributed by atoms with E-state index in [2.05, 4.69) is 17.6 Å². The number of rotatable bonds is 4. The summed E-state index contributed by atoms with van der Waals surface area (Å²) in [5.74, 6) is 1.43. The highest BCUT2D eigenvalue weighted by atomic mass is 16.1. The minimum Gasteiger partial charge on any atom is -0.388 e.